The lowest BCUT2D eigenvalue weighted by atomic mass is 9.43. The largest absolute Gasteiger partial charge is 0.343 e. The van der Waals surface area contributed by atoms with Crippen molar-refractivity contribution >= 4 is 11.8 Å². The van der Waals surface area contributed by atoms with Gasteiger partial charge in [0.25, 0.3) is 0 Å². The summed E-state index contributed by atoms with van der Waals surface area (Å²) in [4.78, 5) is 29.7. The first kappa shape index (κ1) is 19.7. The molecule has 4 aliphatic carbocycles. The molecule has 0 unspecified atom stereocenters. The van der Waals surface area contributed by atoms with Crippen LogP contribution in [0.15, 0.2) is 0 Å². The number of nitrogens with zero attached hydrogens (tertiary/aromatic N) is 2. The standard InChI is InChI=1S/C22H38N2O2/c1-5-23(6-2)19(25)14-21-10-17-9-18(11-21)13-22(12-17,16-21)15-20(26)24(7-3)8-4/h17-18H,5-16H2,1-4H3. The summed E-state index contributed by atoms with van der Waals surface area (Å²) in [5.74, 6) is 2.15. The van der Waals surface area contributed by atoms with E-state index < -0.39 is 0 Å². The van der Waals surface area contributed by atoms with E-state index in [1.54, 1.807) is 0 Å². The van der Waals surface area contributed by atoms with Crippen LogP contribution in [0.5, 0.6) is 0 Å². The molecule has 4 fully saturated rings. The number of carbonyl (C=O) groups is 2. The zero-order chi connectivity index (χ0) is 18.9. The monoisotopic (exact) mass is 362 g/mol. The zero-order valence-electron chi connectivity index (χ0n) is 17.4. The summed E-state index contributed by atoms with van der Waals surface area (Å²) in [6.45, 7) is 11.5. The molecule has 0 aromatic rings. The second-order valence-corrected chi connectivity index (χ2v) is 9.45. The maximum atomic E-state index is 12.9. The second-order valence-electron chi connectivity index (χ2n) is 9.45. The van der Waals surface area contributed by atoms with Gasteiger partial charge in [-0.1, -0.05) is 0 Å². The van der Waals surface area contributed by atoms with Gasteiger partial charge in [0.05, 0.1) is 0 Å². The van der Waals surface area contributed by atoms with Gasteiger partial charge in [0, 0.05) is 39.0 Å². The van der Waals surface area contributed by atoms with Crippen LogP contribution in [0.25, 0.3) is 0 Å². The van der Waals surface area contributed by atoms with Crippen LogP contribution in [0.1, 0.15) is 79.1 Å². The van der Waals surface area contributed by atoms with Crippen molar-refractivity contribution in [1.29, 1.82) is 0 Å². The van der Waals surface area contributed by atoms with Gasteiger partial charge >= 0.3 is 0 Å². The molecule has 4 aliphatic rings. The molecule has 0 radical (unpaired) electrons. The third-order valence-electron chi connectivity index (χ3n) is 7.59. The molecule has 148 valence electrons. The highest BCUT2D eigenvalue weighted by molar-refractivity contribution is 5.78. The highest BCUT2D eigenvalue weighted by Crippen LogP contribution is 2.67. The molecular weight excluding hydrogens is 324 g/mol. The Bertz CT molecular complexity index is 478. The first-order valence-corrected chi connectivity index (χ1v) is 10.9. The van der Waals surface area contributed by atoms with Crippen molar-refractivity contribution < 1.29 is 9.59 Å². The third-order valence-corrected chi connectivity index (χ3v) is 7.59. The molecule has 0 aliphatic heterocycles. The van der Waals surface area contributed by atoms with E-state index >= 15 is 0 Å². The van der Waals surface area contributed by atoms with Gasteiger partial charge in [-0.2, -0.15) is 0 Å². The number of hydrogen-bond donors (Lipinski definition) is 0. The summed E-state index contributed by atoms with van der Waals surface area (Å²) in [5.41, 5.74) is 0.348. The van der Waals surface area contributed by atoms with Crippen LogP contribution in [0.3, 0.4) is 0 Å². The van der Waals surface area contributed by atoms with Crippen molar-refractivity contribution in [3.05, 3.63) is 0 Å². The molecule has 0 heterocycles. The molecule has 0 aromatic heterocycles. The normalized spacial score (nSPS) is 34.8. The number of amides is 2. The molecule has 0 atom stereocenters. The quantitative estimate of drug-likeness (QED) is 0.652. The lowest BCUT2D eigenvalue weighted by Gasteiger charge is -2.62. The van der Waals surface area contributed by atoms with Crippen LogP contribution >= 0.6 is 0 Å². The summed E-state index contributed by atoms with van der Waals surface area (Å²) >= 11 is 0. The zero-order valence-corrected chi connectivity index (χ0v) is 17.4. The van der Waals surface area contributed by atoms with E-state index in [2.05, 4.69) is 27.7 Å². The van der Waals surface area contributed by atoms with Gasteiger partial charge in [-0.3, -0.25) is 9.59 Å². The number of carbonyl (C=O) groups excluding carboxylic acids is 2. The molecule has 4 rings (SSSR count). The minimum atomic E-state index is 0.174. The fraction of sp³-hybridized carbons (Fsp3) is 0.909. The Hall–Kier alpha value is -1.06. The Morgan fingerprint density at radius 1 is 0.731 bits per heavy atom. The van der Waals surface area contributed by atoms with Crippen molar-refractivity contribution in [2.24, 2.45) is 22.7 Å². The lowest BCUT2D eigenvalue weighted by Crippen LogP contribution is -2.54. The second kappa shape index (κ2) is 7.52. The third kappa shape index (κ3) is 3.66. The van der Waals surface area contributed by atoms with E-state index in [0.717, 1.165) is 44.4 Å². The van der Waals surface area contributed by atoms with E-state index in [1.807, 2.05) is 9.80 Å². The number of rotatable bonds is 8. The van der Waals surface area contributed by atoms with E-state index in [0.29, 0.717) is 24.7 Å². The van der Waals surface area contributed by atoms with Gasteiger partial charge < -0.3 is 9.80 Å². The van der Waals surface area contributed by atoms with Crippen molar-refractivity contribution in [2.45, 2.75) is 79.1 Å². The van der Waals surface area contributed by atoms with Gasteiger partial charge in [0.15, 0.2) is 0 Å². The molecule has 0 N–H and O–H groups in total. The number of hydrogen-bond acceptors (Lipinski definition) is 2. The van der Waals surface area contributed by atoms with Crippen LogP contribution in [-0.4, -0.2) is 47.8 Å². The van der Waals surface area contributed by atoms with Crippen molar-refractivity contribution in [1.82, 2.24) is 9.80 Å². The van der Waals surface area contributed by atoms with E-state index in [1.165, 1.54) is 32.1 Å². The highest BCUT2D eigenvalue weighted by atomic mass is 16.2. The first-order chi connectivity index (χ1) is 12.4. The Kier molecular flexibility index (Phi) is 5.69. The maximum absolute atomic E-state index is 12.9. The molecule has 4 nitrogen and oxygen atoms in total. The molecule has 0 aromatic carbocycles. The molecule has 4 bridgehead atoms. The highest BCUT2D eigenvalue weighted by Gasteiger charge is 2.58. The van der Waals surface area contributed by atoms with Gasteiger partial charge in [0.1, 0.15) is 0 Å². The van der Waals surface area contributed by atoms with Gasteiger partial charge in [-0.05, 0) is 88.9 Å². The van der Waals surface area contributed by atoms with Crippen LogP contribution in [-0.2, 0) is 9.59 Å². The summed E-state index contributed by atoms with van der Waals surface area (Å²) in [5, 5.41) is 0. The van der Waals surface area contributed by atoms with E-state index in [9.17, 15) is 9.59 Å². The lowest BCUT2D eigenvalue weighted by molar-refractivity contribution is -0.154. The maximum Gasteiger partial charge on any atom is 0.223 e. The average Bonchev–Trinajstić information content (AvgIpc) is 2.54. The van der Waals surface area contributed by atoms with Crippen LogP contribution in [0.4, 0.5) is 0 Å². The predicted octanol–water partition coefficient (Wildman–Crippen LogP) is 4.09. The summed E-state index contributed by atoms with van der Waals surface area (Å²) in [6.07, 6.45) is 8.74. The smallest absolute Gasteiger partial charge is 0.223 e. The Labute approximate surface area is 159 Å². The average molecular weight is 363 g/mol. The molecule has 4 heteroatoms. The fourth-order valence-corrected chi connectivity index (χ4v) is 7.08. The van der Waals surface area contributed by atoms with Gasteiger partial charge in [0.2, 0.25) is 11.8 Å². The molecule has 0 saturated heterocycles. The summed E-state index contributed by atoms with van der Waals surface area (Å²) in [7, 11) is 0. The van der Waals surface area contributed by atoms with Crippen molar-refractivity contribution in [2.75, 3.05) is 26.2 Å². The summed E-state index contributed by atoms with van der Waals surface area (Å²) in [6, 6.07) is 0. The molecule has 2 amide bonds. The molecule has 0 spiro atoms. The van der Waals surface area contributed by atoms with Gasteiger partial charge in [-0.15, -0.1) is 0 Å². The van der Waals surface area contributed by atoms with Crippen LogP contribution < -0.4 is 0 Å². The SMILES string of the molecule is CCN(CC)C(=O)CC12CC3CC(C1)CC(CC(=O)N(CC)CC)(C3)C2. The van der Waals surface area contributed by atoms with Crippen LogP contribution in [0.2, 0.25) is 0 Å². The van der Waals surface area contributed by atoms with Crippen molar-refractivity contribution in [3.8, 4) is 0 Å². The fourth-order valence-electron chi connectivity index (χ4n) is 7.08. The predicted molar refractivity (Wildman–Crippen MR) is 105 cm³/mol. The van der Waals surface area contributed by atoms with E-state index in [4.69, 9.17) is 0 Å². The van der Waals surface area contributed by atoms with Crippen LogP contribution in [0, 0.1) is 22.7 Å². The molecular formula is C22H38N2O2. The Morgan fingerprint density at radius 2 is 1.08 bits per heavy atom. The first-order valence-electron chi connectivity index (χ1n) is 10.9. The minimum absolute atomic E-state index is 0.174. The molecule has 26 heavy (non-hydrogen) atoms. The summed E-state index contributed by atoms with van der Waals surface area (Å²) < 4.78 is 0. The van der Waals surface area contributed by atoms with Crippen molar-refractivity contribution in [3.63, 3.8) is 0 Å². The Balaban J connectivity index is 1.76. The molecule has 4 saturated carbocycles. The Morgan fingerprint density at radius 3 is 1.38 bits per heavy atom. The topological polar surface area (TPSA) is 40.6 Å². The van der Waals surface area contributed by atoms with E-state index in [-0.39, 0.29) is 10.8 Å². The minimum Gasteiger partial charge on any atom is -0.343 e. The van der Waals surface area contributed by atoms with Gasteiger partial charge in [-0.25, -0.2) is 0 Å².